The molecule has 0 radical (unpaired) electrons. The van der Waals surface area contributed by atoms with E-state index in [-0.39, 0.29) is 11.8 Å². The second kappa shape index (κ2) is 7.29. The summed E-state index contributed by atoms with van der Waals surface area (Å²) in [6.07, 6.45) is 0.905. The topological polar surface area (TPSA) is 55.6 Å². The lowest BCUT2D eigenvalue weighted by molar-refractivity contribution is -0.132. The smallest absolute Gasteiger partial charge is 0.239 e. The molecule has 2 atom stereocenters. The lowest BCUT2D eigenvalue weighted by Crippen LogP contribution is -2.45. The molecule has 1 rings (SSSR count). The van der Waals surface area contributed by atoms with Gasteiger partial charge in [-0.3, -0.25) is 4.79 Å². The Morgan fingerprint density at radius 2 is 2.10 bits per heavy atom. The molecule has 112 valence electrons. The fourth-order valence-electron chi connectivity index (χ4n) is 2.14. The Labute approximate surface area is 121 Å². The van der Waals surface area contributed by atoms with E-state index in [0.717, 1.165) is 23.3 Å². The van der Waals surface area contributed by atoms with E-state index in [2.05, 4.69) is 0 Å². The van der Waals surface area contributed by atoms with Gasteiger partial charge in [-0.15, -0.1) is 0 Å². The van der Waals surface area contributed by atoms with Gasteiger partial charge in [0.05, 0.1) is 13.2 Å². The number of likely N-dealkylation sites (N-methyl/N-ethyl adjacent to an activating group) is 1. The lowest BCUT2D eigenvalue weighted by Gasteiger charge is -2.25. The number of carbonyl (C=O) groups is 1. The molecule has 0 saturated carbocycles. The van der Waals surface area contributed by atoms with E-state index >= 15 is 0 Å². The Kier molecular flexibility index (Phi) is 6.02. The predicted molar refractivity (Wildman–Crippen MR) is 81.6 cm³/mol. The van der Waals surface area contributed by atoms with Gasteiger partial charge in [0, 0.05) is 13.6 Å². The first kappa shape index (κ1) is 16.5. The number of aryl methyl sites for hydroxylation is 1. The summed E-state index contributed by atoms with van der Waals surface area (Å²) in [6.45, 7) is 6.61. The molecule has 20 heavy (non-hydrogen) atoms. The van der Waals surface area contributed by atoms with Crippen LogP contribution in [0.15, 0.2) is 18.2 Å². The standard InChI is InChI=1S/C16H26N2O2/c1-6-11(2)15(17)16(19)18(4)10-13-7-8-14(20-5)12(3)9-13/h7-9,11,15H,6,10,17H2,1-5H3. The average molecular weight is 278 g/mol. The molecule has 0 spiro atoms. The van der Waals surface area contributed by atoms with Crippen molar-refractivity contribution in [2.75, 3.05) is 14.2 Å². The number of benzene rings is 1. The van der Waals surface area contributed by atoms with Gasteiger partial charge in [0.15, 0.2) is 0 Å². The summed E-state index contributed by atoms with van der Waals surface area (Å²) >= 11 is 0. The average Bonchev–Trinajstić information content (AvgIpc) is 2.44. The van der Waals surface area contributed by atoms with Crippen molar-refractivity contribution in [3.63, 3.8) is 0 Å². The van der Waals surface area contributed by atoms with E-state index < -0.39 is 6.04 Å². The number of amides is 1. The second-order valence-corrected chi connectivity index (χ2v) is 5.41. The first-order valence-electron chi connectivity index (χ1n) is 7.04. The van der Waals surface area contributed by atoms with Gasteiger partial charge in [0.1, 0.15) is 5.75 Å². The van der Waals surface area contributed by atoms with Crippen LogP contribution in [0, 0.1) is 12.8 Å². The monoisotopic (exact) mass is 278 g/mol. The molecule has 1 amide bonds. The number of ether oxygens (including phenoxy) is 1. The normalized spacial score (nSPS) is 13.7. The molecule has 0 aliphatic heterocycles. The molecule has 2 unspecified atom stereocenters. The third-order valence-corrected chi connectivity index (χ3v) is 3.80. The third-order valence-electron chi connectivity index (χ3n) is 3.80. The largest absolute Gasteiger partial charge is 0.496 e. The van der Waals surface area contributed by atoms with Gasteiger partial charge < -0.3 is 15.4 Å². The van der Waals surface area contributed by atoms with Gasteiger partial charge in [0.2, 0.25) is 5.91 Å². The van der Waals surface area contributed by atoms with Crippen molar-refractivity contribution in [3.8, 4) is 5.75 Å². The van der Waals surface area contributed by atoms with Crippen LogP contribution in [-0.2, 0) is 11.3 Å². The maximum atomic E-state index is 12.2. The molecular weight excluding hydrogens is 252 g/mol. The first-order chi connectivity index (χ1) is 9.40. The SMILES string of the molecule is CCC(C)C(N)C(=O)N(C)Cc1ccc(OC)c(C)c1. The highest BCUT2D eigenvalue weighted by Gasteiger charge is 2.22. The van der Waals surface area contributed by atoms with Crippen molar-refractivity contribution in [2.45, 2.75) is 39.8 Å². The van der Waals surface area contributed by atoms with Crippen LogP contribution in [0.2, 0.25) is 0 Å². The van der Waals surface area contributed by atoms with Gasteiger partial charge in [-0.1, -0.05) is 32.4 Å². The van der Waals surface area contributed by atoms with Crippen molar-refractivity contribution < 1.29 is 9.53 Å². The lowest BCUT2D eigenvalue weighted by atomic mass is 9.99. The third kappa shape index (κ3) is 3.97. The fraction of sp³-hybridized carbons (Fsp3) is 0.562. The van der Waals surface area contributed by atoms with Crippen molar-refractivity contribution >= 4 is 5.91 Å². The van der Waals surface area contributed by atoms with E-state index in [1.807, 2.05) is 39.0 Å². The summed E-state index contributed by atoms with van der Waals surface area (Å²) in [5.41, 5.74) is 8.14. The van der Waals surface area contributed by atoms with Crippen LogP contribution in [0.3, 0.4) is 0 Å². The summed E-state index contributed by atoms with van der Waals surface area (Å²) in [5, 5.41) is 0. The highest BCUT2D eigenvalue weighted by molar-refractivity contribution is 5.81. The van der Waals surface area contributed by atoms with Gasteiger partial charge >= 0.3 is 0 Å². The molecule has 4 nitrogen and oxygen atoms in total. The molecule has 1 aromatic rings. The number of nitrogens with two attached hydrogens (primary N) is 1. The number of hydrogen-bond acceptors (Lipinski definition) is 3. The first-order valence-corrected chi connectivity index (χ1v) is 7.04. The van der Waals surface area contributed by atoms with Gasteiger partial charge in [-0.25, -0.2) is 0 Å². The molecule has 2 N–H and O–H groups in total. The van der Waals surface area contributed by atoms with Gasteiger partial charge in [-0.2, -0.15) is 0 Å². The van der Waals surface area contributed by atoms with Crippen molar-refractivity contribution in [1.82, 2.24) is 4.90 Å². The predicted octanol–water partition coefficient (Wildman–Crippen LogP) is 2.34. The Hall–Kier alpha value is -1.55. The highest BCUT2D eigenvalue weighted by Crippen LogP contribution is 2.19. The molecule has 0 aromatic heterocycles. The highest BCUT2D eigenvalue weighted by atomic mass is 16.5. The zero-order valence-electron chi connectivity index (χ0n) is 13.1. The van der Waals surface area contributed by atoms with E-state index in [1.165, 1.54) is 0 Å². The van der Waals surface area contributed by atoms with Crippen LogP contribution in [0.4, 0.5) is 0 Å². The molecule has 0 fully saturated rings. The summed E-state index contributed by atoms with van der Waals surface area (Å²) in [6, 6.07) is 5.52. The summed E-state index contributed by atoms with van der Waals surface area (Å²) < 4.78 is 5.24. The molecule has 0 saturated heterocycles. The Morgan fingerprint density at radius 1 is 1.45 bits per heavy atom. The number of methoxy groups -OCH3 is 1. The van der Waals surface area contributed by atoms with Crippen molar-refractivity contribution in [2.24, 2.45) is 11.7 Å². The Bertz CT molecular complexity index is 460. The fourth-order valence-corrected chi connectivity index (χ4v) is 2.14. The second-order valence-electron chi connectivity index (χ2n) is 5.41. The van der Waals surface area contributed by atoms with Crippen LogP contribution in [0.5, 0.6) is 5.75 Å². The van der Waals surface area contributed by atoms with Crippen molar-refractivity contribution in [3.05, 3.63) is 29.3 Å². The quantitative estimate of drug-likeness (QED) is 0.869. The maximum absolute atomic E-state index is 12.2. The number of rotatable bonds is 6. The molecule has 0 heterocycles. The molecule has 4 heteroatoms. The summed E-state index contributed by atoms with van der Waals surface area (Å²) in [7, 11) is 3.45. The minimum absolute atomic E-state index is 0.00665. The van der Waals surface area contributed by atoms with Crippen LogP contribution in [-0.4, -0.2) is 31.0 Å². The van der Waals surface area contributed by atoms with E-state index in [4.69, 9.17) is 10.5 Å². The minimum Gasteiger partial charge on any atom is -0.496 e. The van der Waals surface area contributed by atoms with Gasteiger partial charge in [-0.05, 0) is 30.0 Å². The molecule has 0 aliphatic carbocycles. The summed E-state index contributed by atoms with van der Waals surface area (Å²) in [4.78, 5) is 13.9. The van der Waals surface area contributed by atoms with Crippen LogP contribution in [0.25, 0.3) is 0 Å². The van der Waals surface area contributed by atoms with Crippen LogP contribution >= 0.6 is 0 Å². The van der Waals surface area contributed by atoms with E-state index in [0.29, 0.717) is 6.54 Å². The van der Waals surface area contributed by atoms with Crippen molar-refractivity contribution in [1.29, 1.82) is 0 Å². The Morgan fingerprint density at radius 3 is 2.60 bits per heavy atom. The van der Waals surface area contributed by atoms with Crippen LogP contribution in [0.1, 0.15) is 31.4 Å². The minimum atomic E-state index is -0.427. The van der Waals surface area contributed by atoms with Gasteiger partial charge in [0.25, 0.3) is 0 Å². The van der Waals surface area contributed by atoms with E-state index in [9.17, 15) is 4.79 Å². The number of nitrogens with zero attached hydrogens (tertiary/aromatic N) is 1. The molecule has 0 bridgehead atoms. The number of hydrogen-bond donors (Lipinski definition) is 1. The zero-order chi connectivity index (χ0) is 15.3. The molecular formula is C16H26N2O2. The Balaban J connectivity index is 2.73. The number of carbonyl (C=O) groups excluding carboxylic acids is 1. The zero-order valence-corrected chi connectivity index (χ0v) is 13.1. The summed E-state index contributed by atoms with van der Waals surface area (Å²) in [5.74, 6) is 1.05. The molecule has 0 aliphatic rings. The maximum Gasteiger partial charge on any atom is 0.239 e. The molecule has 1 aromatic carbocycles. The van der Waals surface area contributed by atoms with Crippen LogP contribution < -0.4 is 10.5 Å². The van der Waals surface area contributed by atoms with E-state index in [1.54, 1.807) is 19.1 Å².